The summed E-state index contributed by atoms with van der Waals surface area (Å²) in [7, 11) is 0. The third kappa shape index (κ3) is 2.52. The van der Waals surface area contributed by atoms with Crippen LogP contribution in [-0.2, 0) is 9.53 Å². The van der Waals surface area contributed by atoms with Crippen LogP contribution in [0.5, 0.6) is 0 Å². The number of hydrogen-bond donors (Lipinski definition) is 2. The van der Waals surface area contributed by atoms with Gasteiger partial charge >= 0.3 is 0 Å². The van der Waals surface area contributed by atoms with Gasteiger partial charge in [0.2, 0.25) is 5.91 Å². The first-order chi connectivity index (χ1) is 7.56. The SMILES string of the molecule is CCC(CC)(C(=O)NC1CCOC1)C(N)=S. The molecule has 3 N–H and O–H groups in total. The van der Waals surface area contributed by atoms with Gasteiger partial charge < -0.3 is 15.8 Å². The van der Waals surface area contributed by atoms with Crippen LogP contribution in [0, 0.1) is 5.41 Å². The fourth-order valence-corrected chi connectivity index (χ4v) is 2.38. The van der Waals surface area contributed by atoms with Crippen molar-refractivity contribution in [2.24, 2.45) is 11.1 Å². The summed E-state index contributed by atoms with van der Waals surface area (Å²) >= 11 is 5.03. The van der Waals surface area contributed by atoms with E-state index in [-0.39, 0.29) is 16.9 Å². The Kier molecular flexibility index (Phi) is 4.68. The molecule has 0 aromatic carbocycles. The Morgan fingerprint density at radius 2 is 2.19 bits per heavy atom. The first-order valence-corrected chi connectivity index (χ1v) is 6.16. The molecule has 1 unspecified atom stereocenters. The van der Waals surface area contributed by atoms with Crippen molar-refractivity contribution in [3.63, 3.8) is 0 Å². The predicted octanol–water partition coefficient (Wildman–Crippen LogP) is 0.984. The van der Waals surface area contributed by atoms with Crippen LogP contribution in [0.2, 0.25) is 0 Å². The van der Waals surface area contributed by atoms with Crippen LogP contribution >= 0.6 is 12.2 Å². The zero-order chi connectivity index (χ0) is 12.2. The van der Waals surface area contributed by atoms with Crippen molar-refractivity contribution in [2.45, 2.75) is 39.2 Å². The molecule has 0 saturated carbocycles. The third-order valence-electron chi connectivity index (χ3n) is 3.38. The van der Waals surface area contributed by atoms with Gasteiger partial charge in [-0.1, -0.05) is 26.1 Å². The van der Waals surface area contributed by atoms with Crippen molar-refractivity contribution in [3.05, 3.63) is 0 Å². The van der Waals surface area contributed by atoms with Gasteiger partial charge in [0.1, 0.15) is 0 Å². The number of amides is 1. The smallest absolute Gasteiger partial charge is 0.233 e. The van der Waals surface area contributed by atoms with E-state index in [1.807, 2.05) is 13.8 Å². The van der Waals surface area contributed by atoms with E-state index in [2.05, 4.69) is 5.32 Å². The highest BCUT2D eigenvalue weighted by Gasteiger charge is 2.39. The Labute approximate surface area is 102 Å². The van der Waals surface area contributed by atoms with E-state index in [0.29, 0.717) is 26.1 Å². The molecule has 1 saturated heterocycles. The zero-order valence-electron chi connectivity index (χ0n) is 9.91. The van der Waals surface area contributed by atoms with Gasteiger partial charge in [-0.25, -0.2) is 0 Å². The molecule has 16 heavy (non-hydrogen) atoms. The van der Waals surface area contributed by atoms with Gasteiger partial charge in [0.25, 0.3) is 0 Å². The van der Waals surface area contributed by atoms with Gasteiger partial charge in [-0.2, -0.15) is 0 Å². The molecule has 1 rings (SSSR count). The fraction of sp³-hybridized carbons (Fsp3) is 0.818. The fourth-order valence-electron chi connectivity index (χ4n) is 2.00. The van der Waals surface area contributed by atoms with Crippen molar-refractivity contribution >= 4 is 23.1 Å². The maximum atomic E-state index is 12.2. The van der Waals surface area contributed by atoms with Crippen molar-refractivity contribution < 1.29 is 9.53 Å². The Morgan fingerprint density at radius 3 is 2.56 bits per heavy atom. The van der Waals surface area contributed by atoms with E-state index in [1.54, 1.807) is 0 Å². The lowest BCUT2D eigenvalue weighted by atomic mass is 9.81. The van der Waals surface area contributed by atoms with E-state index in [0.717, 1.165) is 6.42 Å². The van der Waals surface area contributed by atoms with Crippen LogP contribution < -0.4 is 11.1 Å². The van der Waals surface area contributed by atoms with Crippen molar-refractivity contribution in [1.29, 1.82) is 0 Å². The summed E-state index contributed by atoms with van der Waals surface area (Å²) in [6, 6.07) is 0.110. The van der Waals surface area contributed by atoms with Crippen molar-refractivity contribution in [1.82, 2.24) is 5.32 Å². The van der Waals surface area contributed by atoms with E-state index in [1.165, 1.54) is 0 Å². The average molecular weight is 244 g/mol. The van der Waals surface area contributed by atoms with Gasteiger partial charge in [0.05, 0.1) is 23.1 Å². The number of carbonyl (C=O) groups is 1. The van der Waals surface area contributed by atoms with Crippen molar-refractivity contribution in [2.75, 3.05) is 13.2 Å². The number of carbonyl (C=O) groups excluding carboxylic acids is 1. The topological polar surface area (TPSA) is 64.3 Å². The maximum absolute atomic E-state index is 12.2. The second kappa shape index (κ2) is 5.59. The van der Waals surface area contributed by atoms with Crippen LogP contribution in [0.1, 0.15) is 33.1 Å². The van der Waals surface area contributed by atoms with E-state index in [9.17, 15) is 4.79 Å². The third-order valence-corrected chi connectivity index (χ3v) is 3.77. The monoisotopic (exact) mass is 244 g/mol. The summed E-state index contributed by atoms with van der Waals surface area (Å²) in [5, 5.41) is 2.97. The molecule has 1 aliphatic rings. The quantitative estimate of drug-likeness (QED) is 0.708. The summed E-state index contributed by atoms with van der Waals surface area (Å²) < 4.78 is 5.22. The highest BCUT2D eigenvalue weighted by atomic mass is 32.1. The number of rotatable bonds is 5. The molecular weight excluding hydrogens is 224 g/mol. The van der Waals surface area contributed by atoms with Crippen molar-refractivity contribution in [3.8, 4) is 0 Å². The number of hydrogen-bond acceptors (Lipinski definition) is 3. The minimum atomic E-state index is -0.697. The molecule has 5 heteroatoms. The number of thiocarbonyl (C=S) groups is 1. The molecule has 1 fully saturated rings. The summed E-state index contributed by atoms with van der Waals surface area (Å²) in [4.78, 5) is 12.5. The van der Waals surface area contributed by atoms with Gasteiger partial charge in [-0.05, 0) is 19.3 Å². The number of ether oxygens (including phenoxy) is 1. The first kappa shape index (κ1) is 13.4. The Balaban J connectivity index is 2.70. The maximum Gasteiger partial charge on any atom is 0.233 e. The lowest BCUT2D eigenvalue weighted by Crippen LogP contribution is -2.51. The standard InChI is InChI=1S/C11H20N2O2S/c1-3-11(4-2,9(12)16)10(14)13-8-5-6-15-7-8/h8H,3-7H2,1-2H3,(H2,12,16)(H,13,14). The summed E-state index contributed by atoms with van der Waals surface area (Å²) in [5.74, 6) is -0.0551. The summed E-state index contributed by atoms with van der Waals surface area (Å²) in [6.07, 6.45) is 2.14. The normalized spacial score (nSPS) is 20.8. The minimum Gasteiger partial charge on any atom is -0.392 e. The van der Waals surface area contributed by atoms with Crippen LogP contribution in [-0.4, -0.2) is 30.2 Å². The number of nitrogens with one attached hydrogen (secondary N) is 1. The van der Waals surface area contributed by atoms with Gasteiger partial charge in [-0.3, -0.25) is 4.79 Å². The Morgan fingerprint density at radius 1 is 1.56 bits per heavy atom. The minimum absolute atomic E-state index is 0.0551. The molecular formula is C11H20N2O2S. The largest absolute Gasteiger partial charge is 0.392 e. The molecule has 0 aliphatic carbocycles. The van der Waals surface area contributed by atoms with Crippen LogP contribution in [0.4, 0.5) is 0 Å². The van der Waals surface area contributed by atoms with Gasteiger partial charge in [-0.15, -0.1) is 0 Å². The van der Waals surface area contributed by atoms with Crippen LogP contribution in [0.3, 0.4) is 0 Å². The average Bonchev–Trinajstić information content (AvgIpc) is 2.72. The van der Waals surface area contributed by atoms with E-state index < -0.39 is 5.41 Å². The summed E-state index contributed by atoms with van der Waals surface area (Å²) in [5.41, 5.74) is 5.01. The predicted molar refractivity (Wildman–Crippen MR) is 67.2 cm³/mol. The van der Waals surface area contributed by atoms with Crippen LogP contribution in [0.15, 0.2) is 0 Å². The molecule has 1 aliphatic heterocycles. The molecule has 0 spiro atoms. The molecule has 0 aromatic rings. The summed E-state index contributed by atoms with van der Waals surface area (Å²) in [6.45, 7) is 5.18. The second-order valence-electron chi connectivity index (χ2n) is 4.19. The molecule has 1 amide bonds. The molecule has 92 valence electrons. The molecule has 1 heterocycles. The molecule has 0 radical (unpaired) electrons. The second-order valence-corrected chi connectivity index (χ2v) is 4.63. The lowest BCUT2D eigenvalue weighted by Gasteiger charge is -2.30. The molecule has 1 atom stereocenters. The van der Waals surface area contributed by atoms with Gasteiger partial charge in [0, 0.05) is 6.61 Å². The Bertz CT molecular complexity index is 271. The Hall–Kier alpha value is -0.680. The molecule has 0 aromatic heterocycles. The highest BCUT2D eigenvalue weighted by molar-refractivity contribution is 7.80. The zero-order valence-corrected chi connectivity index (χ0v) is 10.7. The first-order valence-electron chi connectivity index (χ1n) is 5.75. The van der Waals surface area contributed by atoms with Crippen LogP contribution in [0.25, 0.3) is 0 Å². The van der Waals surface area contributed by atoms with Gasteiger partial charge in [0.15, 0.2) is 0 Å². The lowest BCUT2D eigenvalue weighted by molar-refractivity contribution is -0.128. The number of nitrogens with two attached hydrogens (primary N) is 1. The van der Waals surface area contributed by atoms with E-state index >= 15 is 0 Å². The molecule has 4 nitrogen and oxygen atoms in total. The molecule has 0 bridgehead atoms. The van der Waals surface area contributed by atoms with E-state index in [4.69, 9.17) is 22.7 Å². The highest BCUT2D eigenvalue weighted by Crippen LogP contribution is 2.27.